The molecule has 0 aliphatic carbocycles. The normalized spacial score (nSPS) is 25.2. The quantitative estimate of drug-likeness (QED) is 0.161. The van der Waals surface area contributed by atoms with Crippen molar-refractivity contribution in [1.29, 1.82) is 0 Å². The van der Waals surface area contributed by atoms with Crippen molar-refractivity contribution in [3.8, 4) is 0 Å². The van der Waals surface area contributed by atoms with Crippen molar-refractivity contribution in [2.45, 2.75) is 11.4 Å². The van der Waals surface area contributed by atoms with Crippen LogP contribution in [0.4, 0.5) is 4.79 Å². The maximum Gasteiger partial charge on any atom is 0.361 e. The van der Waals surface area contributed by atoms with Gasteiger partial charge in [0.15, 0.2) is 5.82 Å². The summed E-state index contributed by atoms with van der Waals surface area (Å²) in [5.41, 5.74) is 10.8. The van der Waals surface area contributed by atoms with Crippen LogP contribution in [0.25, 0.3) is 0 Å². The van der Waals surface area contributed by atoms with Crippen LogP contribution in [0.3, 0.4) is 0 Å². The number of rotatable bonds is 5. The van der Waals surface area contributed by atoms with E-state index in [1.807, 2.05) is 0 Å². The van der Waals surface area contributed by atoms with Gasteiger partial charge >= 0.3 is 12.0 Å². The largest absolute Gasteiger partial charge is 0.477 e. The number of hydroxylamine groups is 1. The summed E-state index contributed by atoms with van der Waals surface area (Å²) in [5.74, 6) is -0.683. The van der Waals surface area contributed by atoms with Crippen LogP contribution in [0.2, 0.25) is 0 Å². The van der Waals surface area contributed by atoms with Crippen LogP contribution in [0, 0.1) is 0 Å². The number of aliphatic imine (C=N–C) groups is 1. The van der Waals surface area contributed by atoms with E-state index in [4.69, 9.17) is 10.9 Å². The second-order valence-corrected chi connectivity index (χ2v) is 8.54. The topological polar surface area (TPSA) is 184 Å². The third kappa shape index (κ3) is 3.34. The van der Waals surface area contributed by atoms with Crippen molar-refractivity contribution in [3.63, 3.8) is 0 Å². The summed E-state index contributed by atoms with van der Waals surface area (Å²) >= 11 is 2.64. The number of hydrogen-bond acceptors (Lipinski definition) is 11. The second-order valence-electron chi connectivity index (χ2n) is 6.44. The van der Waals surface area contributed by atoms with Crippen molar-refractivity contribution in [1.82, 2.24) is 25.9 Å². The van der Waals surface area contributed by atoms with Crippen molar-refractivity contribution in [3.05, 3.63) is 34.4 Å². The molecule has 0 saturated carbocycles. The second kappa shape index (κ2) is 7.93. The van der Waals surface area contributed by atoms with E-state index < -0.39 is 23.9 Å². The predicted octanol–water partition coefficient (Wildman–Crippen LogP) is -1.48. The highest BCUT2D eigenvalue weighted by atomic mass is 32.2. The van der Waals surface area contributed by atoms with Gasteiger partial charge in [-0.15, -0.1) is 29.1 Å². The molecule has 0 aromatic heterocycles. The zero-order chi connectivity index (χ0) is 21.6. The van der Waals surface area contributed by atoms with E-state index in [0.29, 0.717) is 27.9 Å². The molecule has 0 unspecified atom stereocenters. The van der Waals surface area contributed by atoms with E-state index in [0.717, 1.165) is 5.01 Å². The number of fused-ring (bicyclic) bond motifs is 2. The van der Waals surface area contributed by atoms with E-state index in [-0.39, 0.29) is 23.4 Å². The van der Waals surface area contributed by atoms with Crippen LogP contribution in [-0.2, 0) is 9.59 Å². The summed E-state index contributed by atoms with van der Waals surface area (Å²) in [5, 5.41) is 30.5. The van der Waals surface area contributed by atoms with Crippen LogP contribution >= 0.6 is 23.5 Å². The van der Waals surface area contributed by atoms with E-state index in [2.05, 4.69) is 10.5 Å². The van der Waals surface area contributed by atoms with Gasteiger partial charge in [-0.2, -0.15) is 0 Å². The number of aliphatic hydroxyl groups excluding tert-OH is 1. The van der Waals surface area contributed by atoms with Crippen LogP contribution in [0.15, 0.2) is 39.4 Å². The molecule has 4 aliphatic rings. The number of carboxylic acid groups (broad SMARTS) is 1. The van der Waals surface area contributed by atoms with E-state index in [1.165, 1.54) is 45.1 Å². The van der Waals surface area contributed by atoms with Gasteiger partial charge in [0.1, 0.15) is 17.1 Å². The van der Waals surface area contributed by atoms with Gasteiger partial charge in [0.05, 0.1) is 23.5 Å². The summed E-state index contributed by atoms with van der Waals surface area (Å²) < 4.78 is 0. The van der Waals surface area contributed by atoms with Gasteiger partial charge < -0.3 is 15.9 Å². The smallest absolute Gasteiger partial charge is 0.361 e. The Bertz CT molecular complexity index is 948. The van der Waals surface area contributed by atoms with E-state index in [9.17, 15) is 24.6 Å². The molecule has 30 heavy (non-hydrogen) atoms. The van der Waals surface area contributed by atoms with Crippen molar-refractivity contribution in [2.75, 3.05) is 18.1 Å². The van der Waals surface area contributed by atoms with Gasteiger partial charge in [-0.3, -0.25) is 14.9 Å². The Morgan fingerprint density at radius 2 is 2.23 bits per heavy atom. The first kappa shape index (κ1) is 20.7. The fourth-order valence-corrected chi connectivity index (χ4v) is 5.65. The summed E-state index contributed by atoms with van der Waals surface area (Å²) in [4.78, 5) is 40.9. The molecule has 4 heterocycles. The molecular formula is C15H17N7O6S2. The van der Waals surface area contributed by atoms with Crippen LogP contribution in [-0.4, -0.2) is 83.5 Å². The Balaban J connectivity index is 1.55. The molecule has 0 aromatic rings. The molecule has 13 nitrogen and oxygen atoms in total. The Kier molecular flexibility index (Phi) is 5.48. The van der Waals surface area contributed by atoms with Crippen LogP contribution < -0.4 is 16.7 Å². The number of aliphatic carboxylic acids is 1. The maximum atomic E-state index is 12.1. The SMILES string of the molecule is N[C@@H]1C(=O)N2C(C(=O)O)=C(CSC3=CC(CO)=NC4=CN(C(=O)NO)NN43)CS[C@H]12. The van der Waals surface area contributed by atoms with Gasteiger partial charge in [0.25, 0.3) is 0 Å². The molecule has 160 valence electrons. The molecule has 4 aliphatic heterocycles. The molecule has 0 aromatic carbocycles. The monoisotopic (exact) mass is 455 g/mol. The average molecular weight is 455 g/mol. The zero-order valence-electron chi connectivity index (χ0n) is 15.2. The number of nitrogens with zero attached hydrogens (tertiary/aromatic N) is 4. The lowest BCUT2D eigenvalue weighted by Gasteiger charge is -2.48. The summed E-state index contributed by atoms with van der Waals surface area (Å²) in [7, 11) is 0. The fraction of sp³-hybridized carbons (Fsp3) is 0.333. The van der Waals surface area contributed by atoms with Crippen LogP contribution in [0.1, 0.15) is 0 Å². The number of carboxylic acids is 1. The average Bonchev–Trinajstić information content (AvgIpc) is 3.19. The third-order valence-corrected chi connectivity index (χ3v) is 7.06. The Morgan fingerprint density at radius 1 is 1.47 bits per heavy atom. The molecule has 15 heteroatoms. The molecule has 3 amide bonds. The third-order valence-electron chi connectivity index (χ3n) is 4.61. The van der Waals surface area contributed by atoms with Crippen molar-refractivity contribution >= 4 is 47.1 Å². The maximum absolute atomic E-state index is 12.1. The summed E-state index contributed by atoms with van der Waals surface area (Å²) in [6.45, 7) is -0.345. The number of carbonyl (C=O) groups excluding carboxylic acids is 2. The molecule has 0 bridgehead atoms. The van der Waals surface area contributed by atoms with Gasteiger partial charge in [-0.1, -0.05) is 0 Å². The zero-order valence-corrected chi connectivity index (χ0v) is 16.8. The molecule has 7 N–H and O–H groups in total. The van der Waals surface area contributed by atoms with Gasteiger partial charge in [-0.25, -0.2) is 30.1 Å². The van der Waals surface area contributed by atoms with Crippen LogP contribution in [0.5, 0.6) is 0 Å². The molecule has 1 saturated heterocycles. The minimum absolute atomic E-state index is 0.0585. The standard InChI is InChI=1S/C15H17N7O6S2/c16-10-12(24)21-11(14(25)26)6(5-30-13(10)21)4-29-9-1-7(3-23)17-8-2-20(15(27)18-28)19-22(8)9/h1-2,10,13,19,23,28H,3-5,16H2,(H,18,27)(H,25,26)/t10-,13-/m1/s1. The van der Waals surface area contributed by atoms with E-state index in [1.54, 1.807) is 6.08 Å². The highest BCUT2D eigenvalue weighted by Gasteiger charge is 2.51. The first-order valence-electron chi connectivity index (χ1n) is 8.55. The molecule has 0 spiro atoms. The molecule has 1 fully saturated rings. The lowest BCUT2D eigenvalue weighted by molar-refractivity contribution is -0.147. The number of nitrogens with one attached hydrogen (secondary N) is 2. The summed E-state index contributed by atoms with van der Waals surface area (Å²) in [6, 6.07) is -1.55. The Labute approximate surface area is 177 Å². The minimum Gasteiger partial charge on any atom is -0.477 e. The Morgan fingerprint density at radius 3 is 2.90 bits per heavy atom. The first-order chi connectivity index (χ1) is 14.3. The number of aliphatic hydroxyl groups is 1. The number of urea groups is 1. The lowest BCUT2D eigenvalue weighted by atomic mass is 10.0. The van der Waals surface area contributed by atoms with E-state index >= 15 is 0 Å². The number of hydrazine groups is 2. The highest BCUT2D eigenvalue weighted by Crippen LogP contribution is 2.41. The number of thioether (sulfide) groups is 2. The number of carbonyl (C=O) groups is 3. The number of amides is 3. The number of nitrogens with two attached hydrogens (primary N) is 1. The molecule has 4 rings (SSSR count). The first-order valence-corrected chi connectivity index (χ1v) is 10.6. The lowest BCUT2D eigenvalue weighted by Crippen LogP contribution is -2.68. The van der Waals surface area contributed by atoms with Gasteiger partial charge in [-0.05, 0) is 11.6 Å². The number of β-lactam (4-membered cyclic amide) rings is 1. The Hall–Kier alpha value is -2.56. The predicted molar refractivity (Wildman–Crippen MR) is 106 cm³/mol. The molecular weight excluding hydrogens is 438 g/mol. The molecule has 2 atom stereocenters. The molecule has 0 radical (unpaired) electrons. The van der Waals surface area contributed by atoms with Gasteiger partial charge in [0, 0.05) is 11.5 Å². The van der Waals surface area contributed by atoms with Crippen molar-refractivity contribution in [2.24, 2.45) is 10.7 Å². The van der Waals surface area contributed by atoms with Gasteiger partial charge in [0.2, 0.25) is 5.91 Å². The number of hydrogen-bond donors (Lipinski definition) is 6. The van der Waals surface area contributed by atoms with Crippen molar-refractivity contribution < 1.29 is 29.8 Å². The fourth-order valence-electron chi connectivity index (χ4n) is 3.19. The minimum atomic E-state index is -1.20. The highest BCUT2D eigenvalue weighted by molar-refractivity contribution is 8.03. The summed E-state index contributed by atoms with van der Waals surface area (Å²) in [6.07, 6.45) is 2.90.